The molecule has 1 N–H and O–H groups in total. The van der Waals surface area contributed by atoms with Crippen molar-refractivity contribution in [2.45, 2.75) is 42.9 Å². The molecule has 2 aromatic carbocycles. The van der Waals surface area contributed by atoms with Gasteiger partial charge in [-0.1, -0.05) is 23.2 Å². The molecule has 0 bridgehead atoms. The van der Waals surface area contributed by atoms with Crippen LogP contribution in [0.15, 0.2) is 59.6 Å². The van der Waals surface area contributed by atoms with Crippen LogP contribution in [0.4, 0.5) is 14.6 Å². The highest BCUT2D eigenvalue weighted by Crippen LogP contribution is 2.44. The molecule has 0 amide bonds. The molecule has 0 aliphatic heterocycles. The van der Waals surface area contributed by atoms with Gasteiger partial charge in [-0.3, -0.25) is 4.79 Å². The minimum atomic E-state index is -0.668. The van der Waals surface area contributed by atoms with Crippen molar-refractivity contribution >= 4 is 46.8 Å². The lowest BCUT2D eigenvalue weighted by Crippen LogP contribution is -2.25. The minimum absolute atomic E-state index is 0.137. The fourth-order valence-electron chi connectivity index (χ4n) is 3.10. The first-order chi connectivity index (χ1) is 16.0. The van der Waals surface area contributed by atoms with Crippen molar-refractivity contribution in [3.05, 3.63) is 87.5 Å². The van der Waals surface area contributed by atoms with Gasteiger partial charge in [0.1, 0.15) is 23.1 Å². The Morgan fingerprint density at radius 3 is 2.47 bits per heavy atom. The Labute approximate surface area is 212 Å². The van der Waals surface area contributed by atoms with Crippen molar-refractivity contribution in [2.24, 2.45) is 0 Å². The molecule has 1 aromatic heterocycles. The average Bonchev–Trinajstić information content (AvgIpc) is 2.75. The number of rotatable bonds is 8. The number of carbonyl (C=O) groups excluding carboxylic acids is 1. The van der Waals surface area contributed by atoms with Crippen LogP contribution in [0.1, 0.15) is 43.6 Å². The molecule has 0 saturated carbocycles. The quantitative estimate of drug-likeness (QED) is 0.241. The number of halogens is 4. The van der Waals surface area contributed by atoms with E-state index in [1.165, 1.54) is 18.0 Å². The number of anilines is 1. The third-order valence-electron chi connectivity index (χ3n) is 4.53. The number of ether oxygens (including phenoxy) is 1. The molecule has 3 aromatic rings. The smallest absolute Gasteiger partial charge is 0.308 e. The molecule has 0 aliphatic rings. The van der Waals surface area contributed by atoms with Gasteiger partial charge in [0.15, 0.2) is 0 Å². The van der Waals surface area contributed by atoms with Crippen molar-refractivity contribution in [1.82, 2.24) is 4.98 Å². The zero-order chi connectivity index (χ0) is 24.9. The van der Waals surface area contributed by atoms with Crippen molar-refractivity contribution in [3.63, 3.8) is 0 Å². The molecule has 9 heteroatoms. The lowest BCUT2D eigenvalue weighted by Gasteiger charge is -2.21. The van der Waals surface area contributed by atoms with Crippen LogP contribution >= 0.6 is 35.0 Å². The number of nitrogens with zero attached hydrogens (tertiary/aromatic N) is 1. The Kier molecular flexibility index (Phi) is 8.79. The standard InChI is InChI=1S/C25H24Cl2F2N2O2S/c1-25(2,3)33-23(32)10-11-30-22-13-18(20(27)14-31-22)24(19-12-16(28)6-9-21(19)29)34-17-7-4-15(26)5-8-17/h4-9,12-14,24H,10-11H2,1-3H3,(H,30,31). The monoisotopic (exact) mass is 524 g/mol. The minimum Gasteiger partial charge on any atom is -0.460 e. The van der Waals surface area contributed by atoms with Crippen LogP contribution in [0, 0.1) is 11.6 Å². The fourth-order valence-corrected chi connectivity index (χ4v) is 4.69. The van der Waals surface area contributed by atoms with Gasteiger partial charge < -0.3 is 10.1 Å². The number of nitrogens with one attached hydrogen (secondary N) is 1. The molecule has 1 heterocycles. The summed E-state index contributed by atoms with van der Waals surface area (Å²) < 4.78 is 34.2. The summed E-state index contributed by atoms with van der Waals surface area (Å²) >= 11 is 13.8. The van der Waals surface area contributed by atoms with E-state index in [4.69, 9.17) is 27.9 Å². The van der Waals surface area contributed by atoms with Gasteiger partial charge in [-0.25, -0.2) is 13.8 Å². The van der Waals surface area contributed by atoms with Crippen LogP contribution in [0.5, 0.6) is 0 Å². The molecule has 0 aliphatic carbocycles. The molecular weight excluding hydrogens is 501 g/mol. The Balaban J connectivity index is 1.88. The van der Waals surface area contributed by atoms with E-state index in [0.29, 0.717) is 21.4 Å². The van der Waals surface area contributed by atoms with Crippen LogP contribution in [0.2, 0.25) is 10.0 Å². The van der Waals surface area contributed by atoms with Crippen molar-refractivity contribution in [1.29, 1.82) is 0 Å². The molecule has 0 spiro atoms. The lowest BCUT2D eigenvalue weighted by atomic mass is 10.0. The number of aromatic nitrogens is 1. The molecule has 4 nitrogen and oxygen atoms in total. The molecule has 1 unspecified atom stereocenters. The fraction of sp³-hybridized carbons (Fsp3) is 0.280. The third kappa shape index (κ3) is 7.58. The van der Waals surface area contributed by atoms with Gasteiger partial charge in [0.25, 0.3) is 0 Å². The van der Waals surface area contributed by atoms with E-state index in [1.54, 1.807) is 51.1 Å². The maximum atomic E-state index is 14.8. The van der Waals surface area contributed by atoms with E-state index < -0.39 is 22.5 Å². The van der Waals surface area contributed by atoms with Crippen LogP contribution in [0.3, 0.4) is 0 Å². The maximum absolute atomic E-state index is 14.8. The number of hydrogen-bond acceptors (Lipinski definition) is 5. The summed E-state index contributed by atoms with van der Waals surface area (Å²) in [4.78, 5) is 17.0. The highest BCUT2D eigenvalue weighted by molar-refractivity contribution is 7.99. The largest absolute Gasteiger partial charge is 0.460 e. The van der Waals surface area contributed by atoms with Gasteiger partial charge in [-0.2, -0.15) is 0 Å². The van der Waals surface area contributed by atoms with E-state index in [0.717, 1.165) is 23.1 Å². The topological polar surface area (TPSA) is 51.2 Å². The van der Waals surface area contributed by atoms with Crippen LogP contribution in [-0.2, 0) is 9.53 Å². The van der Waals surface area contributed by atoms with Crippen molar-refractivity contribution < 1.29 is 18.3 Å². The molecule has 34 heavy (non-hydrogen) atoms. The number of thioether (sulfide) groups is 1. The number of hydrogen-bond donors (Lipinski definition) is 1. The van der Waals surface area contributed by atoms with E-state index >= 15 is 0 Å². The molecular formula is C25H24Cl2F2N2O2S. The molecule has 3 rings (SSSR count). The summed E-state index contributed by atoms with van der Waals surface area (Å²) in [7, 11) is 0. The van der Waals surface area contributed by atoms with Crippen LogP contribution in [-0.4, -0.2) is 23.1 Å². The van der Waals surface area contributed by atoms with E-state index in [2.05, 4.69) is 10.3 Å². The Morgan fingerprint density at radius 1 is 1.09 bits per heavy atom. The normalized spacial score (nSPS) is 12.3. The van der Waals surface area contributed by atoms with Gasteiger partial charge in [0, 0.05) is 28.2 Å². The molecule has 180 valence electrons. The van der Waals surface area contributed by atoms with Gasteiger partial charge in [-0.15, -0.1) is 11.8 Å². The predicted octanol–water partition coefficient (Wildman–Crippen LogP) is 7.69. The summed E-state index contributed by atoms with van der Waals surface area (Å²) in [6, 6.07) is 12.0. The van der Waals surface area contributed by atoms with Gasteiger partial charge in [0.05, 0.1) is 16.7 Å². The molecule has 0 radical (unpaired) electrons. The summed E-state index contributed by atoms with van der Waals surface area (Å²) in [5, 5.41) is 3.26. The highest BCUT2D eigenvalue weighted by atomic mass is 35.5. The molecule has 0 saturated heterocycles. The van der Waals surface area contributed by atoms with E-state index in [-0.39, 0.29) is 24.5 Å². The van der Waals surface area contributed by atoms with Gasteiger partial charge in [0.2, 0.25) is 0 Å². The third-order valence-corrected chi connectivity index (χ3v) is 6.39. The summed E-state index contributed by atoms with van der Waals surface area (Å²) in [6.45, 7) is 5.69. The molecule has 0 fully saturated rings. The molecule has 1 atom stereocenters. The zero-order valence-electron chi connectivity index (χ0n) is 18.9. The first-order valence-electron chi connectivity index (χ1n) is 10.5. The second-order valence-corrected chi connectivity index (χ2v) is 10.5. The predicted molar refractivity (Wildman–Crippen MR) is 134 cm³/mol. The SMILES string of the molecule is CC(C)(C)OC(=O)CCNc1cc(C(Sc2ccc(Cl)cc2)c2cc(F)ccc2F)c(Cl)cn1. The van der Waals surface area contributed by atoms with Crippen LogP contribution in [0.25, 0.3) is 0 Å². The summed E-state index contributed by atoms with van der Waals surface area (Å²) in [5.41, 5.74) is 0.123. The van der Waals surface area contributed by atoms with Crippen molar-refractivity contribution in [3.8, 4) is 0 Å². The second-order valence-electron chi connectivity index (χ2n) is 8.47. The van der Waals surface area contributed by atoms with Gasteiger partial charge >= 0.3 is 5.97 Å². The lowest BCUT2D eigenvalue weighted by molar-refractivity contribution is -0.154. The average molecular weight is 525 g/mol. The zero-order valence-corrected chi connectivity index (χ0v) is 21.2. The number of benzene rings is 2. The Morgan fingerprint density at radius 2 is 1.79 bits per heavy atom. The van der Waals surface area contributed by atoms with Crippen molar-refractivity contribution in [2.75, 3.05) is 11.9 Å². The Hall–Kier alpha value is -2.35. The second kappa shape index (κ2) is 11.4. The summed E-state index contributed by atoms with van der Waals surface area (Å²) in [5.74, 6) is -1.01. The first-order valence-corrected chi connectivity index (χ1v) is 12.1. The van der Waals surface area contributed by atoms with E-state index in [9.17, 15) is 13.6 Å². The number of pyridine rings is 1. The van der Waals surface area contributed by atoms with Gasteiger partial charge in [-0.05, 0) is 74.9 Å². The Bertz CT molecular complexity index is 1150. The first kappa shape index (κ1) is 26.3. The van der Waals surface area contributed by atoms with Crippen LogP contribution < -0.4 is 5.32 Å². The highest BCUT2D eigenvalue weighted by Gasteiger charge is 2.24. The van der Waals surface area contributed by atoms with E-state index in [1.807, 2.05) is 0 Å². The number of esters is 1. The summed E-state index contributed by atoms with van der Waals surface area (Å²) in [6.07, 6.45) is 1.58. The maximum Gasteiger partial charge on any atom is 0.308 e. The number of carbonyl (C=O) groups is 1.